The maximum absolute atomic E-state index is 9.29. The fourth-order valence-corrected chi connectivity index (χ4v) is 2.99. The molecular formula is C20H18N4O3. The minimum absolute atomic E-state index is 0.162. The van der Waals surface area contributed by atoms with E-state index in [1.54, 1.807) is 36.7 Å². The lowest BCUT2D eigenvalue weighted by molar-refractivity contribution is -0.107. The van der Waals surface area contributed by atoms with E-state index in [-0.39, 0.29) is 12.1 Å². The lowest BCUT2D eigenvalue weighted by Crippen LogP contribution is -2.25. The van der Waals surface area contributed by atoms with Gasteiger partial charge in [0.1, 0.15) is 17.6 Å². The van der Waals surface area contributed by atoms with Gasteiger partial charge in [-0.15, -0.1) is 0 Å². The molecular weight excluding hydrogens is 344 g/mol. The van der Waals surface area contributed by atoms with Crippen molar-refractivity contribution in [3.8, 4) is 34.5 Å². The third-order valence-electron chi connectivity index (χ3n) is 4.36. The van der Waals surface area contributed by atoms with Crippen LogP contribution in [0.5, 0.6) is 5.88 Å². The Morgan fingerprint density at radius 3 is 2.85 bits per heavy atom. The zero-order valence-electron chi connectivity index (χ0n) is 14.6. The fraction of sp³-hybridized carbons (Fsp3) is 0.250. The molecule has 0 spiro atoms. The summed E-state index contributed by atoms with van der Waals surface area (Å²) >= 11 is 0. The molecule has 7 heteroatoms. The second kappa shape index (κ2) is 7.48. The van der Waals surface area contributed by atoms with Crippen molar-refractivity contribution in [1.29, 1.82) is 5.26 Å². The topological polar surface area (TPSA) is 107 Å². The van der Waals surface area contributed by atoms with Crippen molar-refractivity contribution >= 4 is 5.82 Å². The highest BCUT2D eigenvalue weighted by Crippen LogP contribution is 2.33. The summed E-state index contributed by atoms with van der Waals surface area (Å²) in [5.41, 5.74) is 8.24. The molecule has 4 heterocycles. The van der Waals surface area contributed by atoms with Crippen molar-refractivity contribution in [3.05, 3.63) is 48.4 Å². The SMILES string of the molecule is N#Cc1cc(-c2ccc(OC3CCCCO3)nc2)c(-c2ccco2)nc1N. The Kier molecular flexibility index (Phi) is 4.73. The predicted octanol–water partition coefficient (Wildman–Crippen LogP) is 3.76. The van der Waals surface area contributed by atoms with Gasteiger partial charge in [0.15, 0.2) is 5.76 Å². The molecule has 1 aliphatic heterocycles. The van der Waals surface area contributed by atoms with Crippen LogP contribution in [0.1, 0.15) is 24.8 Å². The number of anilines is 1. The standard InChI is InChI=1S/C20H18N4O3/c21-11-14-10-15(19(24-20(14)22)16-4-3-9-25-16)13-6-7-17(23-12-13)27-18-5-1-2-8-26-18/h3-4,6-7,9-10,12,18H,1-2,5,8H2,(H2,22,24). The Morgan fingerprint density at radius 2 is 2.19 bits per heavy atom. The van der Waals surface area contributed by atoms with Gasteiger partial charge in [0, 0.05) is 29.8 Å². The van der Waals surface area contributed by atoms with Gasteiger partial charge < -0.3 is 19.6 Å². The number of furan rings is 1. The maximum Gasteiger partial charge on any atom is 0.215 e. The molecule has 136 valence electrons. The second-order valence-corrected chi connectivity index (χ2v) is 6.21. The summed E-state index contributed by atoms with van der Waals surface area (Å²) in [7, 11) is 0. The van der Waals surface area contributed by atoms with Crippen molar-refractivity contribution in [1.82, 2.24) is 9.97 Å². The number of nitrogen functional groups attached to an aromatic ring is 1. The van der Waals surface area contributed by atoms with Gasteiger partial charge in [-0.25, -0.2) is 9.97 Å². The number of nitriles is 1. The molecule has 1 unspecified atom stereocenters. The molecule has 0 radical (unpaired) electrons. The van der Waals surface area contributed by atoms with Crippen LogP contribution >= 0.6 is 0 Å². The molecule has 3 aromatic rings. The van der Waals surface area contributed by atoms with E-state index in [2.05, 4.69) is 16.0 Å². The monoisotopic (exact) mass is 362 g/mol. The van der Waals surface area contributed by atoms with Gasteiger partial charge in [-0.3, -0.25) is 0 Å². The molecule has 0 aromatic carbocycles. The fourth-order valence-electron chi connectivity index (χ4n) is 2.99. The lowest BCUT2D eigenvalue weighted by atomic mass is 10.0. The molecule has 2 N–H and O–H groups in total. The van der Waals surface area contributed by atoms with Crippen molar-refractivity contribution in [2.24, 2.45) is 0 Å². The smallest absolute Gasteiger partial charge is 0.215 e. The highest BCUT2D eigenvalue weighted by atomic mass is 16.7. The third-order valence-corrected chi connectivity index (χ3v) is 4.36. The minimum atomic E-state index is -0.251. The maximum atomic E-state index is 9.29. The van der Waals surface area contributed by atoms with E-state index in [9.17, 15) is 5.26 Å². The number of pyridine rings is 2. The first-order valence-electron chi connectivity index (χ1n) is 8.74. The average molecular weight is 362 g/mol. The van der Waals surface area contributed by atoms with E-state index in [1.807, 2.05) is 6.07 Å². The van der Waals surface area contributed by atoms with E-state index in [0.29, 0.717) is 35.1 Å². The highest BCUT2D eigenvalue weighted by molar-refractivity contribution is 5.81. The number of rotatable bonds is 4. The normalized spacial score (nSPS) is 16.6. The number of aromatic nitrogens is 2. The van der Waals surface area contributed by atoms with E-state index >= 15 is 0 Å². The molecule has 1 atom stereocenters. The second-order valence-electron chi connectivity index (χ2n) is 6.21. The Hall–Kier alpha value is -3.37. The summed E-state index contributed by atoms with van der Waals surface area (Å²) in [6, 6.07) is 11.0. The molecule has 27 heavy (non-hydrogen) atoms. The minimum Gasteiger partial charge on any atom is -0.463 e. The summed E-state index contributed by atoms with van der Waals surface area (Å²) < 4.78 is 16.8. The molecule has 1 saturated heterocycles. The summed E-state index contributed by atoms with van der Waals surface area (Å²) in [6.45, 7) is 0.712. The Bertz CT molecular complexity index is 956. The zero-order chi connectivity index (χ0) is 18.6. The number of nitrogens with zero attached hydrogens (tertiary/aromatic N) is 3. The Morgan fingerprint density at radius 1 is 1.26 bits per heavy atom. The van der Waals surface area contributed by atoms with Crippen molar-refractivity contribution in [2.75, 3.05) is 12.3 Å². The number of nitrogens with two attached hydrogens (primary N) is 1. The summed E-state index contributed by atoms with van der Waals surface area (Å²) in [5.74, 6) is 1.22. The molecule has 0 saturated carbocycles. The van der Waals surface area contributed by atoms with Gasteiger partial charge in [-0.1, -0.05) is 0 Å². The molecule has 4 rings (SSSR count). The van der Waals surface area contributed by atoms with Crippen LogP contribution < -0.4 is 10.5 Å². The van der Waals surface area contributed by atoms with Gasteiger partial charge in [-0.05, 0) is 37.1 Å². The molecule has 0 aliphatic carbocycles. The largest absolute Gasteiger partial charge is 0.463 e. The summed E-state index contributed by atoms with van der Waals surface area (Å²) in [5, 5.41) is 9.29. The predicted molar refractivity (Wildman–Crippen MR) is 98.5 cm³/mol. The van der Waals surface area contributed by atoms with Crippen molar-refractivity contribution < 1.29 is 13.9 Å². The van der Waals surface area contributed by atoms with E-state index < -0.39 is 0 Å². The number of hydrogen-bond acceptors (Lipinski definition) is 7. The molecule has 0 amide bonds. The summed E-state index contributed by atoms with van der Waals surface area (Å²) in [4.78, 5) is 8.74. The molecule has 1 aliphatic rings. The average Bonchev–Trinajstić information content (AvgIpc) is 3.24. The van der Waals surface area contributed by atoms with Crippen LogP contribution in [0.2, 0.25) is 0 Å². The van der Waals surface area contributed by atoms with Crippen LogP contribution in [0.3, 0.4) is 0 Å². The first-order chi connectivity index (χ1) is 13.2. The first-order valence-corrected chi connectivity index (χ1v) is 8.74. The van der Waals surface area contributed by atoms with Crippen LogP contribution in [0.15, 0.2) is 47.2 Å². The molecule has 1 fully saturated rings. The van der Waals surface area contributed by atoms with E-state index in [4.69, 9.17) is 19.6 Å². The van der Waals surface area contributed by atoms with Crippen LogP contribution in [0, 0.1) is 11.3 Å². The van der Waals surface area contributed by atoms with E-state index in [0.717, 1.165) is 24.8 Å². The van der Waals surface area contributed by atoms with Gasteiger partial charge in [0.05, 0.1) is 18.4 Å². The Balaban J connectivity index is 1.67. The van der Waals surface area contributed by atoms with Crippen LogP contribution in [0.25, 0.3) is 22.6 Å². The molecule has 0 bridgehead atoms. The van der Waals surface area contributed by atoms with Crippen LogP contribution in [-0.2, 0) is 4.74 Å². The first kappa shape index (κ1) is 17.1. The number of hydrogen-bond donors (Lipinski definition) is 1. The van der Waals surface area contributed by atoms with Gasteiger partial charge in [0.25, 0.3) is 0 Å². The zero-order valence-corrected chi connectivity index (χ0v) is 14.6. The lowest BCUT2D eigenvalue weighted by Gasteiger charge is -2.22. The van der Waals surface area contributed by atoms with Gasteiger partial charge >= 0.3 is 0 Å². The van der Waals surface area contributed by atoms with Crippen molar-refractivity contribution in [2.45, 2.75) is 25.6 Å². The molecule has 3 aromatic heterocycles. The van der Waals surface area contributed by atoms with Gasteiger partial charge in [0.2, 0.25) is 12.2 Å². The number of ether oxygens (including phenoxy) is 2. The van der Waals surface area contributed by atoms with Crippen LogP contribution in [-0.4, -0.2) is 22.9 Å². The Labute approximate surface area is 156 Å². The molecule has 7 nitrogen and oxygen atoms in total. The van der Waals surface area contributed by atoms with Gasteiger partial charge in [-0.2, -0.15) is 5.26 Å². The third kappa shape index (κ3) is 3.61. The highest BCUT2D eigenvalue weighted by Gasteiger charge is 2.18. The van der Waals surface area contributed by atoms with Crippen molar-refractivity contribution in [3.63, 3.8) is 0 Å². The quantitative estimate of drug-likeness (QED) is 0.753. The van der Waals surface area contributed by atoms with E-state index in [1.165, 1.54) is 0 Å². The van der Waals surface area contributed by atoms with Crippen LogP contribution in [0.4, 0.5) is 5.82 Å². The summed E-state index contributed by atoms with van der Waals surface area (Å²) in [6.07, 6.45) is 6.00.